The fraction of sp³-hybridized carbons (Fsp3) is 0.433. The van der Waals surface area contributed by atoms with Crippen LogP contribution in [0.25, 0.3) is 0 Å². The van der Waals surface area contributed by atoms with Gasteiger partial charge in [-0.1, -0.05) is 44.2 Å². The van der Waals surface area contributed by atoms with Crippen molar-refractivity contribution in [2.75, 3.05) is 11.9 Å². The summed E-state index contributed by atoms with van der Waals surface area (Å²) in [5.74, 6) is -1.11. The van der Waals surface area contributed by atoms with Crippen LogP contribution in [-0.4, -0.2) is 46.1 Å². The summed E-state index contributed by atoms with van der Waals surface area (Å²) in [5, 5.41) is 15.8. The summed E-state index contributed by atoms with van der Waals surface area (Å²) in [6.45, 7) is 18.2. The van der Waals surface area contributed by atoms with Crippen LogP contribution in [0.2, 0.25) is 0 Å². The van der Waals surface area contributed by atoms with E-state index in [1.165, 1.54) is 17.0 Å². The van der Waals surface area contributed by atoms with Gasteiger partial charge >= 0.3 is 6.09 Å². The van der Waals surface area contributed by atoms with Crippen LogP contribution in [-0.2, 0) is 14.3 Å². The summed E-state index contributed by atoms with van der Waals surface area (Å²) in [6.07, 6.45) is 0.815. The van der Waals surface area contributed by atoms with Gasteiger partial charge in [-0.2, -0.15) is 0 Å². The highest BCUT2D eigenvalue weighted by Gasteiger charge is 2.37. The molecule has 0 aliphatic heterocycles. The maximum Gasteiger partial charge on any atom is 0.408 e. The van der Waals surface area contributed by atoms with Gasteiger partial charge in [0.25, 0.3) is 5.91 Å². The number of ether oxygens (including phenoxy) is 1. The number of phenols is 1. The number of alkyl carbamates (subject to hydrolysis) is 1. The second-order valence-electron chi connectivity index (χ2n) is 10.9. The molecule has 2 aromatic rings. The number of carbonyl (C=O) groups excluding carboxylic acids is 3. The van der Waals surface area contributed by atoms with Crippen molar-refractivity contribution in [1.29, 1.82) is 0 Å². The molecular weight excluding hydrogens is 482 g/mol. The van der Waals surface area contributed by atoms with Crippen molar-refractivity contribution in [2.45, 2.75) is 73.1 Å². The maximum absolute atomic E-state index is 14.0. The minimum Gasteiger partial charge on any atom is -0.508 e. The first-order valence-electron chi connectivity index (χ1n) is 12.7. The number of para-hydroxylation sites is 1. The van der Waals surface area contributed by atoms with E-state index in [0.717, 1.165) is 11.1 Å². The first-order valence-corrected chi connectivity index (χ1v) is 12.7. The summed E-state index contributed by atoms with van der Waals surface area (Å²) in [7, 11) is 0. The zero-order valence-electron chi connectivity index (χ0n) is 23.7. The standard InChI is InChI=1S/C30H41N3O5/c1-10-16-33(28(36)24(18(2)3)32-29(37)38-30(7,8)9)26(22-14-15-23(34)21(6)17-22)27(35)31-25-19(4)12-11-13-20(25)5/h10-15,17-18,24,26,34H,1,16H2,2-9H3,(H,31,35)(H,32,37). The Kier molecular flexibility index (Phi) is 10.1. The van der Waals surface area contributed by atoms with Crippen LogP contribution in [0.5, 0.6) is 5.75 Å². The molecule has 0 spiro atoms. The molecule has 0 aliphatic carbocycles. The van der Waals surface area contributed by atoms with Crippen LogP contribution in [0.4, 0.5) is 10.5 Å². The molecule has 2 rings (SSSR count). The number of aryl methyl sites for hydroxylation is 3. The van der Waals surface area contributed by atoms with Gasteiger partial charge in [-0.15, -0.1) is 6.58 Å². The zero-order chi connectivity index (χ0) is 28.8. The third-order valence-electron chi connectivity index (χ3n) is 6.04. The lowest BCUT2D eigenvalue weighted by atomic mass is 9.97. The van der Waals surface area contributed by atoms with E-state index in [-0.39, 0.29) is 18.2 Å². The lowest BCUT2D eigenvalue weighted by Crippen LogP contribution is -2.54. The quantitative estimate of drug-likeness (QED) is 0.373. The number of benzene rings is 2. The number of nitrogens with one attached hydrogen (secondary N) is 2. The smallest absolute Gasteiger partial charge is 0.408 e. The van der Waals surface area contributed by atoms with Gasteiger partial charge in [-0.05, 0) is 81.8 Å². The Balaban J connectivity index is 2.58. The van der Waals surface area contributed by atoms with Crippen molar-refractivity contribution in [2.24, 2.45) is 5.92 Å². The first kappa shape index (κ1) is 30.4. The Bertz CT molecular complexity index is 1160. The molecule has 2 unspecified atom stereocenters. The molecule has 0 heterocycles. The van der Waals surface area contributed by atoms with Gasteiger partial charge in [0.05, 0.1) is 0 Å². The summed E-state index contributed by atoms with van der Waals surface area (Å²) in [6, 6.07) is 8.47. The Hall–Kier alpha value is -3.81. The lowest BCUT2D eigenvalue weighted by Gasteiger charge is -2.35. The Morgan fingerprint density at radius 1 is 1.05 bits per heavy atom. The van der Waals surface area contributed by atoms with Crippen molar-refractivity contribution in [3.8, 4) is 5.75 Å². The topological polar surface area (TPSA) is 108 Å². The molecule has 8 nitrogen and oxygen atoms in total. The molecule has 2 atom stereocenters. The van der Waals surface area contributed by atoms with E-state index in [0.29, 0.717) is 16.8 Å². The predicted molar refractivity (Wildman–Crippen MR) is 150 cm³/mol. The van der Waals surface area contributed by atoms with Crippen molar-refractivity contribution in [1.82, 2.24) is 10.2 Å². The molecule has 0 fully saturated rings. The third-order valence-corrected chi connectivity index (χ3v) is 6.04. The van der Waals surface area contributed by atoms with Crippen LogP contribution in [0, 0.1) is 26.7 Å². The number of amides is 3. The molecule has 3 N–H and O–H groups in total. The number of nitrogens with zero attached hydrogens (tertiary/aromatic N) is 1. The van der Waals surface area contributed by atoms with Crippen LogP contribution in [0.15, 0.2) is 49.1 Å². The highest BCUT2D eigenvalue weighted by Crippen LogP contribution is 2.30. The van der Waals surface area contributed by atoms with E-state index in [1.807, 2.05) is 45.9 Å². The Labute approximate surface area is 226 Å². The van der Waals surface area contributed by atoms with Crippen LogP contribution in [0.3, 0.4) is 0 Å². The molecule has 0 bridgehead atoms. The highest BCUT2D eigenvalue weighted by molar-refractivity contribution is 6.00. The van der Waals surface area contributed by atoms with E-state index in [1.54, 1.807) is 39.8 Å². The average Bonchev–Trinajstić information content (AvgIpc) is 2.80. The zero-order valence-corrected chi connectivity index (χ0v) is 23.7. The predicted octanol–water partition coefficient (Wildman–Crippen LogP) is 5.56. The normalized spacial score (nSPS) is 12.9. The van der Waals surface area contributed by atoms with Gasteiger partial charge in [-0.3, -0.25) is 9.59 Å². The summed E-state index contributed by atoms with van der Waals surface area (Å²) in [4.78, 5) is 41.9. The van der Waals surface area contributed by atoms with E-state index >= 15 is 0 Å². The first-order chi connectivity index (χ1) is 17.7. The van der Waals surface area contributed by atoms with Crippen molar-refractivity contribution in [3.63, 3.8) is 0 Å². The van der Waals surface area contributed by atoms with Crippen molar-refractivity contribution < 1.29 is 24.2 Å². The molecule has 0 aromatic heterocycles. The molecule has 0 aliphatic rings. The molecule has 0 saturated heterocycles. The van der Waals surface area contributed by atoms with E-state index < -0.39 is 35.6 Å². The molecule has 3 amide bonds. The minimum absolute atomic E-state index is 0.0445. The second-order valence-corrected chi connectivity index (χ2v) is 10.9. The summed E-state index contributed by atoms with van der Waals surface area (Å²) < 4.78 is 5.39. The van der Waals surface area contributed by atoms with Gasteiger partial charge < -0.3 is 25.4 Å². The molecule has 2 aromatic carbocycles. The Morgan fingerprint density at radius 3 is 2.16 bits per heavy atom. The molecule has 8 heteroatoms. The van der Waals surface area contributed by atoms with Gasteiger partial charge in [0, 0.05) is 12.2 Å². The van der Waals surface area contributed by atoms with E-state index in [2.05, 4.69) is 17.2 Å². The largest absolute Gasteiger partial charge is 0.508 e. The minimum atomic E-state index is -1.07. The summed E-state index contributed by atoms with van der Waals surface area (Å²) >= 11 is 0. The number of hydrogen-bond donors (Lipinski definition) is 3. The average molecular weight is 524 g/mol. The van der Waals surface area contributed by atoms with E-state index in [9.17, 15) is 19.5 Å². The number of hydrogen-bond acceptors (Lipinski definition) is 5. The molecular formula is C30H41N3O5. The maximum atomic E-state index is 14.0. The fourth-order valence-electron chi connectivity index (χ4n) is 4.11. The Morgan fingerprint density at radius 2 is 1.66 bits per heavy atom. The van der Waals surface area contributed by atoms with Gasteiger partial charge in [0.1, 0.15) is 23.4 Å². The van der Waals surface area contributed by atoms with Crippen molar-refractivity contribution in [3.05, 3.63) is 71.3 Å². The molecule has 206 valence electrons. The number of aromatic hydroxyl groups is 1. The molecule has 0 saturated carbocycles. The third kappa shape index (κ3) is 7.84. The fourth-order valence-corrected chi connectivity index (χ4v) is 4.11. The lowest BCUT2D eigenvalue weighted by molar-refractivity contribution is -0.141. The second kappa shape index (κ2) is 12.6. The van der Waals surface area contributed by atoms with Crippen LogP contribution >= 0.6 is 0 Å². The van der Waals surface area contributed by atoms with Crippen LogP contribution < -0.4 is 10.6 Å². The van der Waals surface area contributed by atoms with Gasteiger partial charge in [0.2, 0.25) is 5.91 Å². The number of phenolic OH excluding ortho intramolecular Hbond substituents is 1. The molecule has 0 radical (unpaired) electrons. The van der Waals surface area contributed by atoms with E-state index in [4.69, 9.17) is 4.74 Å². The summed E-state index contributed by atoms with van der Waals surface area (Å²) in [5.41, 5.74) is 2.76. The number of anilines is 1. The van der Waals surface area contributed by atoms with Gasteiger partial charge in [0.15, 0.2) is 0 Å². The monoisotopic (exact) mass is 523 g/mol. The van der Waals surface area contributed by atoms with Crippen molar-refractivity contribution >= 4 is 23.6 Å². The highest BCUT2D eigenvalue weighted by atomic mass is 16.6. The van der Waals surface area contributed by atoms with Gasteiger partial charge in [-0.25, -0.2) is 4.79 Å². The molecule has 38 heavy (non-hydrogen) atoms. The number of carbonyl (C=O) groups is 3. The van der Waals surface area contributed by atoms with Crippen LogP contribution in [0.1, 0.15) is 62.9 Å². The SMILES string of the molecule is C=CCN(C(=O)C(NC(=O)OC(C)(C)C)C(C)C)C(C(=O)Nc1c(C)cccc1C)c1ccc(O)c(C)c1. The number of rotatable bonds is 9.